The first kappa shape index (κ1) is 12.5. The minimum atomic E-state index is -0.512. The molecule has 0 aliphatic carbocycles. The Morgan fingerprint density at radius 2 is 1.91 bits per heavy atom. The van der Waals surface area contributed by atoms with Gasteiger partial charge in [-0.05, 0) is 24.3 Å². The Bertz CT molecular complexity index is 993. The Morgan fingerprint density at radius 3 is 2.86 bits per heavy atom. The summed E-state index contributed by atoms with van der Waals surface area (Å²) < 4.78 is 5.35. The molecule has 0 aliphatic rings. The molecule has 2 aromatic heterocycles. The predicted octanol–water partition coefficient (Wildman–Crippen LogP) is 2.73. The van der Waals surface area contributed by atoms with Crippen LogP contribution in [0, 0.1) is 0 Å². The summed E-state index contributed by atoms with van der Waals surface area (Å²) in [6.45, 7) is 0. The van der Waals surface area contributed by atoms with E-state index in [-0.39, 0.29) is 5.88 Å². The molecule has 0 amide bonds. The first-order valence-corrected chi connectivity index (χ1v) is 6.69. The summed E-state index contributed by atoms with van der Waals surface area (Å²) >= 11 is 0. The van der Waals surface area contributed by atoms with Gasteiger partial charge in [0.25, 0.3) is 0 Å². The molecule has 0 spiro atoms. The molecule has 0 bridgehead atoms. The van der Waals surface area contributed by atoms with Crippen LogP contribution in [-0.2, 0) is 0 Å². The highest BCUT2D eigenvalue weighted by Gasteiger charge is 2.15. The number of rotatable bonds is 2. The minimum absolute atomic E-state index is 0.254. The fourth-order valence-corrected chi connectivity index (χ4v) is 2.29. The Labute approximate surface area is 124 Å². The second-order valence-electron chi connectivity index (χ2n) is 4.75. The maximum absolute atomic E-state index is 12.3. The molecule has 2 aromatic carbocycles. The summed E-state index contributed by atoms with van der Waals surface area (Å²) in [5, 5.41) is 11.3. The molecule has 4 rings (SSSR count). The molecular weight excluding hydrogens is 280 g/mol. The van der Waals surface area contributed by atoms with E-state index in [9.17, 15) is 4.79 Å². The molecule has 106 valence electrons. The number of hydrogen-bond donors (Lipinski definition) is 1. The highest BCUT2D eigenvalue weighted by Crippen LogP contribution is 2.19. The summed E-state index contributed by atoms with van der Waals surface area (Å²) in [5.74, 6) is -0.258. The van der Waals surface area contributed by atoms with Crippen molar-refractivity contribution in [1.29, 1.82) is 0 Å². The van der Waals surface area contributed by atoms with Gasteiger partial charge in [-0.15, -0.1) is 5.10 Å². The number of H-pyrrole nitrogens is 1. The van der Waals surface area contributed by atoms with Crippen molar-refractivity contribution < 1.29 is 9.53 Å². The van der Waals surface area contributed by atoms with Crippen molar-refractivity contribution in [2.24, 2.45) is 0 Å². The van der Waals surface area contributed by atoms with Crippen LogP contribution in [-0.4, -0.2) is 26.4 Å². The molecule has 22 heavy (non-hydrogen) atoms. The number of aromatic amines is 1. The van der Waals surface area contributed by atoms with Gasteiger partial charge in [0.1, 0.15) is 5.52 Å². The summed E-state index contributed by atoms with van der Waals surface area (Å²) in [7, 11) is 0. The lowest BCUT2D eigenvalue weighted by atomic mass is 10.2. The molecule has 0 saturated heterocycles. The van der Waals surface area contributed by atoms with E-state index < -0.39 is 5.97 Å². The van der Waals surface area contributed by atoms with Crippen molar-refractivity contribution in [2.75, 3.05) is 0 Å². The average molecular weight is 290 g/mol. The third-order valence-electron chi connectivity index (χ3n) is 3.35. The number of para-hydroxylation sites is 1. The van der Waals surface area contributed by atoms with E-state index in [1.807, 2.05) is 30.3 Å². The van der Waals surface area contributed by atoms with E-state index in [1.165, 1.54) is 0 Å². The molecule has 4 aromatic rings. The maximum atomic E-state index is 12.3. The third-order valence-corrected chi connectivity index (χ3v) is 3.35. The fraction of sp³-hybridized carbons (Fsp3) is 0. The number of hydrogen-bond acceptors (Lipinski definition) is 5. The summed E-state index contributed by atoms with van der Waals surface area (Å²) in [6, 6.07) is 16.3. The van der Waals surface area contributed by atoms with Crippen molar-refractivity contribution in [1.82, 2.24) is 20.4 Å². The van der Waals surface area contributed by atoms with Crippen LogP contribution in [0.3, 0.4) is 0 Å². The molecule has 0 aliphatic heterocycles. The second-order valence-corrected chi connectivity index (χ2v) is 4.75. The molecule has 0 saturated carbocycles. The SMILES string of the molecule is O=C(Oc1ccc2ccccc2n1)c1cccc2[nH]nnc12. The first-order valence-electron chi connectivity index (χ1n) is 6.69. The van der Waals surface area contributed by atoms with E-state index in [4.69, 9.17) is 4.74 Å². The number of nitrogens with zero attached hydrogens (tertiary/aromatic N) is 3. The second kappa shape index (κ2) is 4.92. The van der Waals surface area contributed by atoms with Crippen LogP contribution in [0.5, 0.6) is 5.88 Å². The molecule has 6 heteroatoms. The number of carbonyl (C=O) groups is 1. The summed E-state index contributed by atoms with van der Waals surface area (Å²) in [6.07, 6.45) is 0. The first-order chi connectivity index (χ1) is 10.8. The molecule has 1 N–H and O–H groups in total. The lowest BCUT2D eigenvalue weighted by Gasteiger charge is -2.05. The smallest absolute Gasteiger partial charge is 0.347 e. The number of benzene rings is 2. The van der Waals surface area contributed by atoms with Crippen LogP contribution in [0.2, 0.25) is 0 Å². The zero-order chi connectivity index (χ0) is 14.9. The van der Waals surface area contributed by atoms with Gasteiger partial charge >= 0.3 is 5.97 Å². The number of aromatic nitrogens is 4. The average Bonchev–Trinajstić information content (AvgIpc) is 3.03. The molecule has 0 unspecified atom stereocenters. The number of fused-ring (bicyclic) bond motifs is 2. The molecular formula is C16H10N4O2. The highest BCUT2D eigenvalue weighted by atomic mass is 16.5. The minimum Gasteiger partial charge on any atom is -0.404 e. The molecule has 0 radical (unpaired) electrons. The van der Waals surface area contributed by atoms with Gasteiger partial charge in [-0.1, -0.05) is 29.5 Å². The standard InChI is InChI=1S/C16H10N4O2/c21-16(11-5-3-7-13-15(11)19-20-18-13)22-14-9-8-10-4-1-2-6-12(10)17-14/h1-9H,(H,18,19,20). The fourth-order valence-electron chi connectivity index (χ4n) is 2.29. The van der Waals surface area contributed by atoms with Crippen molar-refractivity contribution in [2.45, 2.75) is 0 Å². The van der Waals surface area contributed by atoms with Gasteiger partial charge in [0.15, 0.2) is 0 Å². The van der Waals surface area contributed by atoms with Crippen LogP contribution >= 0.6 is 0 Å². The number of nitrogens with one attached hydrogen (secondary N) is 1. The van der Waals surface area contributed by atoms with Crippen molar-refractivity contribution in [3.8, 4) is 5.88 Å². The van der Waals surface area contributed by atoms with E-state index in [1.54, 1.807) is 24.3 Å². The van der Waals surface area contributed by atoms with Crippen molar-refractivity contribution >= 4 is 27.9 Å². The Balaban J connectivity index is 1.69. The lowest BCUT2D eigenvalue weighted by Crippen LogP contribution is -2.10. The van der Waals surface area contributed by atoms with Crippen LogP contribution < -0.4 is 4.74 Å². The van der Waals surface area contributed by atoms with E-state index in [0.29, 0.717) is 16.6 Å². The Kier molecular flexibility index (Phi) is 2.79. The zero-order valence-corrected chi connectivity index (χ0v) is 11.4. The maximum Gasteiger partial charge on any atom is 0.347 e. The predicted molar refractivity (Wildman–Crippen MR) is 80.6 cm³/mol. The normalized spacial score (nSPS) is 10.9. The largest absolute Gasteiger partial charge is 0.404 e. The van der Waals surface area contributed by atoms with E-state index in [0.717, 1.165) is 10.9 Å². The van der Waals surface area contributed by atoms with Gasteiger partial charge in [-0.2, -0.15) is 0 Å². The third kappa shape index (κ3) is 2.07. The number of ether oxygens (including phenoxy) is 1. The highest BCUT2D eigenvalue weighted by molar-refractivity contribution is 6.02. The molecule has 0 atom stereocenters. The number of pyridine rings is 1. The Hall–Kier alpha value is -3.28. The zero-order valence-electron chi connectivity index (χ0n) is 11.4. The van der Waals surface area contributed by atoms with Crippen LogP contribution in [0.1, 0.15) is 10.4 Å². The van der Waals surface area contributed by atoms with Gasteiger partial charge in [-0.3, -0.25) is 5.10 Å². The molecule has 6 nitrogen and oxygen atoms in total. The number of esters is 1. The van der Waals surface area contributed by atoms with Crippen molar-refractivity contribution in [3.05, 3.63) is 60.2 Å². The van der Waals surface area contributed by atoms with E-state index >= 15 is 0 Å². The van der Waals surface area contributed by atoms with Gasteiger partial charge in [0.2, 0.25) is 5.88 Å². The van der Waals surface area contributed by atoms with Crippen LogP contribution in [0.4, 0.5) is 0 Å². The lowest BCUT2D eigenvalue weighted by molar-refractivity contribution is 0.0730. The summed E-state index contributed by atoms with van der Waals surface area (Å²) in [4.78, 5) is 16.6. The van der Waals surface area contributed by atoms with Crippen LogP contribution in [0.15, 0.2) is 54.6 Å². The van der Waals surface area contributed by atoms with Gasteiger partial charge < -0.3 is 4.74 Å². The van der Waals surface area contributed by atoms with Crippen LogP contribution in [0.25, 0.3) is 21.9 Å². The van der Waals surface area contributed by atoms with E-state index in [2.05, 4.69) is 20.4 Å². The summed E-state index contributed by atoms with van der Waals surface area (Å²) in [5.41, 5.74) is 2.28. The topological polar surface area (TPSA) is 80.8 Å². The molecule has 0 fully saturated rings. The van der Waals surface area contributed by atoms with Gasteiger partial charge in [0.05, 0.1) is 16.6 Å². The van der Waals surface area contributed by atoms with Crippen molar-refractivity contribution in [3.63, 3.8) is 0 Å². The van der Waals surface area contributed by atoms with Gasteiger partial charge in [0, 0.05) is 11.5 Å². The number of carbonyl (C=O) groups excluding carboxylic acids is 1. The Morgan fingerprint density at radius 1 is 1.00 bits per heavy atom. The molecule has 2 heterocycles. The monoisotopic (exact) mass is 290 g/mol. The van der Waals surface area contributed by atoms with Gasteiger partial charge in [-0.25, -0.2) is 9.78 Å². The quantitative estimate of drug-likeness (QED) is 0.574.